The Hall–Kier alpha value is -3.12. The summed E-state index contributed by atoms with van der Waals surface area (Å²) in [5, 5.41) is 4.99. The van der Waals surface area contributed by atoms with Crippen LogP contribution in [0.15, 0.2) is 48.5 Å². The second-order valence-electron chi connectivity index (χ2n) is 7.32. The van der Waals surface area contributed by atoms with Crippen molar-refractivity contribution in [2.75, 3.05) is 27.8 Å². The number of likely N-dealkylation sites (N-methyl/N-ethyl adjacent to an activating group) is 1. The molecule has 0 aliphatic carbocycles. The van der Waals surface area contributed by atoms with Crippen LogP contribution in [-0.4, -0.2) is 48.5 Å². The van der Waals surface area contributed by atoms with E-state index in [0.717, 1.165) is 47.8 Å². The molecule has 1 aliphatic rings. The fourth-order valence-corrected chi connectivity index (χ4v) is 3.76. The van der Waals surface area contributed by atoms with E-state index in [2.05, 4.69) is 18.0 Å². The summed E-state index contributed by atoms with van der Waals surface area (Å²) in [6.07, 6.45) is 1.21. The molecule has 0 radical (unpaired) electrons. The van der Waals surface area contributed by atoms with Crippen LogP contribution in [0.25, 0.3) is 16.9 Å². The zero-order valence-corrected chi connectivity index (χ0v) is 17.0. The summed E-state index contributed by atoms with van der Waals surface area (Å²) >= 11 is 0. The number of hydrogen-bond donors (Lipinski definition) is 0. The van der Waals surface area contributed by atoms with E-state index in [1.165, 1.54) is 18.4 Å². The van der Waals surface area contributed by atoms with Gasteiger partial charge in [-0.15, -0.1) is 0 Å². The van der Waals surface area contributed by atoms with Crippen molar-refractivity contribution >= 4 is 5.97 Å². The van der Waals surface area contributed by atoms with E-state index in [-0.39, 0.29) is 12.4 Å². The minimum absolute atomic E-state index is 0.238. The second-order valence-corrected chi connectivity index (χ2v) is 7.32. The maximum atomic E-state index is 11.5. The lowest BCUT2D eigenvalue weighted by molar-refractivity contribution is -0.139. The number of carbonyl (C=O) groups excluding carboxylic acids is 1. The average molecular weight is 391 g/mol. The molecule has 1 aliphatic heterocycles. The van der Waals surface area contributed by atoms with Crippen molar-refractivity contribution in [3.63, 3.8) is 0 Å². The highest BCUT2D eigenvalue weighted by molar-refractivity contribution is 5.72. The molecule has 0 unspecified atom stereocenters. The van der Waals surface area contributed by atoms with Gasteiger partial charge < -0.3 is 14.4 Å². The molecule has 2 heterocycles. The van der Waals surface area contributed by atoms with Gasteiger partial charge in [0.05, 0.1) is 37.7 Å². The standard InChI is InChI=1S/C23H25N3O3/c1-25-12-11-21-20(15-25)23(17-5-4-6-19(14-17)28-2)24-26(21)18-9-7-16(8-10-18)13-22(27)29-3/h4-10,14H,11-13,15H2,1-3H3. The van der Waals surface area contributed by atoms with E-state index in [1.54, 1.807) is 7.11 Å². The van der Waals surface area contributed by atoms with E-state index >= 15 is 0 Å². The highest BCUT2D eigenvalue weighted by Crippen LogP contribution is 2.32. The van der Waals surface area contributed by atoms with E-state index in [9.17, 15) is 4.79 Å². The van der Waals surface area contributed by atoms with Gasteiger partial charge in [0.25, 0.3) is 0 Å². The van der Waals surface area contributed by atoms with Crippen molar-refractivity contribution in [1.82, 2.24) is 14.7 Å². The van der Waals surface area contributed by atoms with Gasteiger partial charge in [-0.25, -0.2) is 4.68 Å². The number of hydrogen-bond acceptors (Lipinski definition) is 5. The van der Waals surface area contributed by atoms with E-state index in [1.807, 2.05) is 47.1 Å². The molecule has 6 nitrogen and oxygen atoms in total. The molecule has 2 aromatic carbocycles. The lowest BCUT2D eigenvalue weighted by Crippen LogP contribution is -2.27. The van der Waals surface area contributed by atoms with Crippen LogP contribution in [0.5, 0.6) is 5.75 Å². The van der Waals surface area contributed by atoms with E-state index < -0.39 is 0 Å². The number of methoxy groups -OCH3 is 2. The smallest absolute Gasteiger partial charge is 0.309 e. The Morgan fingerprint density at radius 1 is 1.14 bits per heavy atom. The van der Waals surface area contributed by atoms with Crippen molar-refractivity contribution in [3.05, 3.63) is 65.4 Å². The van der Waals surface area contributed by atoms with Crippen molar-refractivity contribution in [2.24, 2.45) is 0 Å². The first kappa shape index (κ1) is 19.2. The predicted octanol–water partition coefficient (Wildman–Crippen LogP) is 3.25. The third-order valence-electron chi connectivity index (χ3n) is 5.35. The van der Waals surface area contributed by atoms with E-state index in [4.69, 9.17) is 14.6 Å². The molecule has 6 heteroatoms. The van der Waals surface area contributed by atoms with Crippen LogP contribution < -0.4 is 4.74 Å². The molecule has 0 N–H and O–H groups in total. The van der Waals surface area contributed by atoms with Gasteiger partial charge in [0, 0.05) is 30.6 Å². The second kappa shape index (κ2) is 8.09. The number of fused-ring (bicyclic) bond motifs is 1. The summed E-state index contributed by atoms with van der Waals surface area (Å²) in [7, 11) is 5.22. The SMILES string of the molecule is COC(=O)Cc1ccc(-n2nc(-c3cccc(OC)c3)c3c2CCN(C)C3)cc1. The van der Waals surface area contributed by atoms with E-state index in [0.29, 0.717) is 0 Å². The van der Waals surface area contributed by atoms with Crippen molar-refractivity contribution in [1.29, 1.82) is 0 Å². The largest absolute Gasteiger partial charge is 0.497 e. The van der Waals surface area contributed by atoms with Crippen LogP contribution in [0.1, 0.15) is 16.8 Å². The molecular formula is C23H25N3O3. The van der Waals surface area contributed by atoms with Gasteiger partial charge in [-0.1, -0.05) is 24.3 Å². The summed E-state index contributed by atoms with van der Waals surface area (Å²) in [4.78, 5) is 13.8. The molecule has 3 aromatic rings. The van der Waals surface area contributed by atoms with Gasteiger partial charge in [0.15, 0.2) is 0 Å². The molecule has 0 atom stereocenters. The number of esters is 1. The summed E-state index contributed by atoms with van der Waals surface area (Å²) in [5.41, 5.74) is 6.45. The number of carbonyl (C=O) groups is 1. The highest BCUT2D eigenvalue weighted by Gasteiger charge is 2.25. The van der Waals surface area contributed by atoms with Crippen LogP contribution in [0, 0.1) is 0 Å². The van der Waals surface area contributed by atoms with Gasteiger partial charge >= 0.3 is 5.97 Å². The summed E-state index contributed by atoms with van der Waals surface area (Å²) in [6.45, 7) is 1.86. The molecular weight excluding hydrogens is 366 g/mol. The Labute approximate surface area is 170 Å². The first-order valence-corrected chi connectivity index (χ1v) is 9.69. The van der Waals surface area contributed by atoms with Gasteiger partial charge in [0.1, 0.15) is 5.75 Å². The van der Waals surface area contributed by atoms with Crippen LogP contribution >= 0.6 is 0 Å². The molecule has 1 aromatic heterocycles. The molecule has 29 heavy (non-hydrogen) atoms. The number of ether oxygens (including phenoxy) is 2. The highest BCUT2D eigenvalue weighted by atomic mass is 16.5. The zero-order valence-electron chi connectivity index (χ0n) is 17.0. The van der Waals surface area contributed by atoms with Crippen LogP contribution in [0.4, 0.5) is 0 Å². The number of nitrogens with zero attached hydrogens (tertiary/aromatic N) is 3. The van der Waals surface area contributed by atoms with Crippen LogP contribution in [0.2, 0.25) is 0 Å². The topological polar surface area (TPSA) is 56.6 Å². The molecule has 0 amide bonds. The minimum Gasteiger partial charge on any atom is -0.497 e. The monoisotopic (exact) mass is 391 g/mol. The summed E-state index contributed by atoms with van der Waals surface area (Å²) < 4.78 is 12.2. The minimum atomic E-state index is -0.238. The van der Waals surface area contributed by atoms with Crippen molar-refractivity contribution in [3.8, 4) is 22.7 Å². The average Bonchev–Trinajstić information content (AvgIpc) is 3.13. The quantitative estimate of drug-likeness (QED) is 0.625. The maximum Gasteiger partial charge on any atom is 0.309 e. The van der Waals surface area contributed by atoms with Crippen LogP contribution in [0.3, 0.4) is 0 Å². The van der Waals surface area contributed by atoms with Gasteiger partial charge in [-0.2, -0.15) is 5.10 Å². The molecule has 0 saturated carbocycles. The first-order valence-electron chi connectivity index (χ1n) is 9.69. The normalized spacial score (nSPS) is 13.8. The molecule has 150 valence electrons. The molecule has 4 rings (SSSR count). The van der Waals surface area contributed by atoms with Crippen molar-refractivity contribution in [2.45, 2.75) is 19.4 Å². The molecule has 0 fully saturated rings. The fraction of sp³-hybridized carbons (Fsp3) is 0.304. The third-order valence-corrected chi connectivity index (χ3v) is 5.35. The predicted molar refractivity (Wildman–Crippen MR) is 111 cm³/mol. The molecule has 0 bridgehead atoms. The fourth-order valence-electron chi connectivity index (χ4n) is 3.76. The molecule has 0 saturated heterocycles. The number of benzene rings is 2. The number of aromatic nitrogens is 2. The molecule has 0 spiro atoms. The lowest BCUT2D eigenvalue weighted by atomic mass is 10.0. The Kier molecular flexibility index (Phi) is 5.36. The first-order chi connectivity index (χ1) is 14.1. The Balaban J connectivity index is 1.75. The van der Waals surface area contributed by atoms with Gasteiger partial charge in [-0.3, -0.25) is 4.79 Å². The van der Waals surface area contributed by atoms with Gasteiger partial charge in [-0.05, 0) is 36.9 Å². The third kappa shape index (κ3) is 3.89. The maximum absolute atomic E-state index is 11.5. The Bertz CT molecular complexity index is 1020. The van der Waals surface area contributed by atoms with Gasteiger partial charge in [0.2, 0.25) is 0 Å². The Morgan fingerprint density at radius 2 is 1.93 bits per heavy atom. The Morgan fingerprint density at radius 3 is 2.66 bits per heavy atom. The zero-order chi connectivity index (χ0) is 20.4. The summed E-state index contributed by atoms with van der Waals surface area (Å²) in [5.74, 6) is 0.583. The van der Waals surface area contributed by atoms with Crippen molar-refractivity contribution < 1.29 is 14.3 Å². The van der Waals surface area contributed by atoms with Crippen LogP contribution in [-0.2, 0) is 28.9 Å². The number of rotatable bonds is 5. The summed E-state index contributed by atoms with van der Waals surface area (Å²) in [6, 6.07) is 16.0. The lowest BCUT2D eigenvalue weighted by Gasteiger charge is -2.23.